The van der Waals surface area contributed by atoms with E-state index in [9.17, 15) is 18.0 Å². The number of carbonyl (C=O) groups is 2. The van der Waals surface area contributed by atoms with Crippen molar-refractivity contribution in [3.05, 3.63) is 24.3 Å². The number of ether oxygens (including phenoxy) is 1. The van der Waals surface area contributed by atoms with Crippen molar-refractivity contribution >= 4 is 27.3 Å². The maximum atomic E-state index is 12.3. The molecule has 9 heteroatoms. The van der Waals surface area contributed by atoms with E-state index in [1.807, 2.05) is 4.90 Å². The van der Waals surface area contributed by atoms with E-state index in [4.69, 9.17) is 4.74 Å². The highest BCUT2D eigenvalue weighted by Crippen LogP contribution is 2.17. The third kappa shape index (κ3) is 5.27. The molecule has 2 aliphatic heterocycles. The fourth-order valence-electron chi connectivity index (χ4n) is 3.31. The van der Waals surface area contributed by atoms with Crippen LogP contribution in [-0.4, -0.2) is 81.7 Å². The van der Waals surface area contributed by atoms with Crippen LogP contribution in [0.4, 0.5) is 5.69 Å². The Morgan fingerprint density at radius 3 is 2.59 bits per heavy atom. The number of sulfone groups is 1. The van der Waals surface area contributed by atoms with Gasteiger partial charge in [0.15, 0.2) is 9.84 Å². The molecule has 0 radical (unpaired) electrons. The van der Waals surface area contributed by atoms with E-state index in [2.05, 4.69) is 5.32 Å². The van der Waals surface area contributed by atoms with E-state index in [0.29, 0.717) is 38.5 Å². The molecule has 1 atom stereocenters. The first kappa shape index (κ1) is 19.8. The summed E-state index contributed by atoms with van der Waals surface area (Å²) in [4.78, 5) is 28.6. The number of piperazine rings is 1. The second kappa shape index (κ2) is 8.37. The Morgan fingerprint density at radius 2 is 1.96 bits per heavy atom. The molecule has 2 amide bonds. The Kier molecular flexibility index (Phi) is 6.13. The lowest BCUT2D eigenvalue weighted by Gasteiger charge is -2.35. The fourth-order valence-corrected chi connectivity index (χ4v) is 3.98. The van der Waals surface area contributed by atoms with Crippen LogP contribution in [0.5, 0.6) is 0 Å². The highest BCUT2D eigenvalue weighted by atomic mass is 32.2. The third-order valence-corrected chi connectivity index (χ3v) is 5.91. The maximum Gasteiger partial charge on any atom is 0.251 e. The Morgan fingerprint density at radius 1 is 1.22 bits per heavy atom. The van der Waals surface area contributed by atoms with E-state index in [0.717, 1.165) is 19.1 Å². The lowest BCUT2D eigenvalue weighted by molar-refractivity contribution is -0.142. The van der Waals surface area contributed by atoms with Crippen LogP contribution >= 0.6 is 0 Å². The van der Waals surface area contributed by atoms with Crippen LogP contribution in [-0.2, 0) is 24.2 Å². The number of hydrogen-bond acceptors (Lipinski definition) is 6. The molecule has 27 heavy (non-hydrogen) atoms. The van der Waals surface area contributed by atoms with E-state index in [1.54, 1.807) is 17.0 Å². The highest BCUT2D eigenvalue weighted by Gasteiger charge is 2.30. The van der Waals surface area contributed by atoms with Gasteiger partial charge in [0.2, 0.25) is 5.91 Å². The monoisotopic (exact) mass is 395 g/mol. The van der Waals surface area contributed by atoms with E-state index in [-0.39, 0.29) is 29.4 Å². The van der Waals surface area contributed by atoms with Crippen LogP contribution in [0.3, 0.4) is 0 Å². The molecule has 0 aliphatic carbocycles. The summed E-state index contributed by atoms with van der Waals surface area (Å²) in [6, 6.07) is 6.20. The number of carbonyl (C=O) groups excluding carboxylic acids is 2. The number of hydrogen-bond donors (Lipinski definition) is 1. The molecule has 1 aromatic rings. The van der Waals surface area contributed by atoms with Gasteiger partial charge in [0.05, 0.1) is 11.4 Å². The van der Waals surface area contributed by atoms with Gasteiger partial charge >= 0.3 is 0 Å². The maximum absolute atomic E-state index is 12.3. The summed E-state index contributed by atoms with van der Waals surface area (Å²) >= 11 is 0. The molecule has 8 nitrogen and oxygen atoms in total. The largest absolute Gasteiger partial charge is 0.368 e. The Hall–Kier alpha value is -1.97. The second-order valence-electron chi connectivity index (χ2n) is 6.95. The number of nitrogens with one attached hydrogen (secondary N) is 1. The minimum absolute atomic E-state index is 0.0502. The van der Waals surface area contributed by atoms with Crippen molar-refractivity contribution in [1.82, 2.24) is 9.80 Å². The van der Waals surface area contributed by atoms with Crippen LogP contribution in [0.25, 0.3) is 0 Å². The van der Waals surface area contributed by atoms with Crippen molar-refractivity contribution in [2.45, 2.75) is 23.8 Å². The molecule has 1 unspecified atom stereocenters. The molecular formula is C18H25N3O5S. The normalized spacial score (nSPS) is 21.2. The first-order valence-electron chi connectivity index (χ1n) is 9.05. The van der Waals surface area contributed by atoms with Crippen LogP contribution in [0.2, 0.25) is 0 Å². The topological polar surface area (TPSA) is 96.0 Å². The number of nitrogens with zero attached hydrogens (tertiary/aromatic N) is 2. The second-order valence-corrected chi connectivity index (χ2v) is 8.97. The van der Waals surface area contributed by atoms with Gasteiger partial charge in [-0.3, -0.25) is 14.5 Å². The minimum Gasteiger partial charge on any atom is -0.368 e. The molecule has 3 rings (SSSR count). The summed E-state index contributed by atoms with van der Waals surface area (Å²) in [5, 5.41) is 2.73. The van der Waals surface area contributed by atoms with Gasteiger partial charge in [-0.2, -0.15) is 0 Å². The summed E-state index contributed by atoms with van der Waals surface area (Å²) in [5.74, 6) is -0.159. The average Bonchev–Trinajstić information content (AvgIpc) is 3.16. The van der Waals surface area contributed by atoms with Crippen molar-refractivity contribution in [2.75, 3.05) is 50.9 Å². The predicted octanol–water partition coefficient (Wildman–Crippen LogP) is 0.352. The zero-order chi connectivity index (χ0) is 19.4. The molecule has 2 saturated heterocycles. The van der Waals surface area contributed by atoms with Gasteiger partial charge in [0.1, 0.15) is 6.10 Å². The van der Waals surface area contributed by atoms with Crippen molar-refractivity contribution in [3.63, 3.8) is 0 Å². The molecule has 0 spiro atoms. The van der Waals surface area contributed by atoms with Crippen molar-refractivity contribution in [2.24, 2.45) is 0 Å². The third-order valence-electron chi connectivity index (χ3n) is 4.80. The average molecular weight is 395 g/mol. The molecule has 2 fully saturated rings. The molecule has 2 heterocycles. The SMILES string of the molecule is CS(=O)(=O)c1cccc(NC(=O)CN2CCN(C(=O)C3CCCO3)CC2)c1. The Bertz CT molecular complexity index is 797. The Labute approximate surface area is 159 Å². The van der Waals surface area contributed by atoms with Crippen LogP contribution in [0.15, 0.2) is 29.2 Å². The van der Waals surface area contributed by atoms with Crippen molar-refractivity contribution in [1.29, 1.82) is 0 Å². The van der Waals surface area contributed by atoms with E-state index in [1.165, 1.54) is 12.1 Å². The summed E-state index contributed by atoms with van der Waals surface area (Å²) in [5.41, 5.74) is 0.454. The van der Waals surface area contributed by atoms with Gasteiger partial charge in [-0.25, -0.2) is 8.42 Å². The number of anilines is 1. The molecule has 148 valence electrons. The van der Waals surface area contributed by atoms with E-state index >= 15 is 0 Å². The molecule has 1 aromatic carbocycles. The first-order valence-corrected chi connectivity index (χ1v) is 10.9. The van der Waals surface area contributed by atoms with Gasteiger partial charge in [-0.1, -0.05) is 6.07 Å². The van der Waals surface area contributed by atoms with Gasteiger partial charge in [0.25, 0.3) is 5.91 Å². The predicted molar refractivity (Wildman–Crippen MR) is 100 cm³/mol. The molecule has 0 saturated carbocycles. The lowest BCUT2D eigenvalue weighted by Crippen LogP contribution is -2.52. The Balaban J connectivity index is 1.48. The summed E-state index contributed by atoms with van der Waals surface area (Å²) < 4.78 is 28.7. The summed E-state index contributed by atoms with van der Waals surface area (Å²) in [6.45, 7) is 3.25. The quantitative estimate of drug-likeness (QED) is 0.773. The molecule has 2 aliphatic rings. The van der Waals surface area contributed by atoms with Gasteiger partial charge in [0, 0.05) is 44.7 Å². The van der Waals surface area contributed by atoms with Crippen molar-refractivity contribution < 1.29 is 22.7 Å². The van der Waals surface area contributed by atoms with Gasteiger partial charge in [-0.15, -0.1) is 0 Å². The number of amides is 2. The zero-order valence-electron chi connectivity index (χ0n) is 15.4. The molecule has 0 aromatic heterocycles. The lowest BCUT2D eigenvalue weighted by atomic mass is 10.2. The van der Waals surface area contributed by atoms with Crippen molar-refractivity contribution in [3.8, 4) is 0 Å². The van der Waals surface area contributed by atoms with Gasteiger partial charge in [-0.05, 0) is 31.0 Å². The number of rotatable bonds is 5. The van der Waals surface area contributed by atoms with E-state index < -0.39 is 9.84 Å². The molecule has 1 N–H and O–H groups in total. The molecule has 0 bridgehead atoms. The smallest absolute Gasteiger partial charge is 0.251 e. The zero-order valence-corrected chi connectivity index (χ0v) is 16.2. The molecular weight excluding hydrogens is 370 g/mol. The fraction of sp³-hybridized carbons (Fsp3) is 0.556. The highest BCUT2D eigenvalue weighted by molar-refractivity contribution is 7.90. The van der Waals surface area contributed by atoms with Crippen LogP contribution in [0, 0.1) is 0 Å². The van der Waals surface area contributed by atoms with Gasteiger partial charge < -0.3 is 15.0 Å². The minimum atomic E-state index is -3.32. The van der Waals surface area contributed by atoms with Crippen LogP contribution in [0.1, 0.15) is 12.8 Å². The van der Waals surface area contributed by atoms with Crippen LogP contribution < -0.4 is 5.32 Å². The standard InChI is InChI=1S/C18H25N3O5S/c1-27(24,25)15-5-2-4-14(12-15)19-17(22)13-20-7-9-21(10-8-20)18(23)16-6-3-11-26-16/h2,4-5,12,16H,3,6-11,13H2,1H3,(H,19,22). The summed E-state index contributed by atoms with van der Waals surface area (Å²) in [6.07, 6.45) is 2.54. The number of benzene rings is 1. The summed E-state index contributed by atoms with van der Waals surface area (Å²) in [7, 11) is -3.32. The first-order chi connectivity index (χ1) is 12.8.